The smallest absolute Gasteiger partial charge is 0.225 e. The number of anilines is 2. The van der Waals surface area contributed by atoms with Gasteiger partial charge in [-0.1, -0.05) is 24.3 Å². The minimum absolute atomic E-state index is 0.188. The van der Waals surface area contributed by atoms with Crippen LogP contribution in [0.5, 0.6) is 0 Å². The molecule has 0 bridgehead atoms. The van der Waals surface area contributed by atoms with Gasteiger partial charge in [0.1, 0.15) is 5.82 Å². The van der Waals surface area contributed by atoms with E-state index in [1.54, 1.807) is 0 Å². The van der Waals surface area contributed by atoms with Crippen molar-refractivity contribution in [3.8, 4) is 0 Å². The van der Waals surface area contributed by atoms with Gasteiger partial charge in [-0.3, -0.25) is 9.80 Å². The highest BCUT2D eigenvalue weighted by Gasteiger charge is 2.17. The third-order valence-corrected chi connectivity index (χ3v) is 4.42. The molecule has 1 aromatic carbocycles. The molecule has 1 fully saturated rings. The van der Waals surface area contributed by atoms with E-state index in [1.165, 1.54) is 11.1 Å². The lowest BCUT2D eigenvalue weighted by Crippen LogP contribution is -2.31. The van der Waals surface area contributed by atoms with E-state index in [2.05, 4.69) is 55.9 Å². The summed E-state index contributed by atoms with van der Waals surface area (Å²) in [5, 5.41) is 0. The average molecular weight is 327 g/mol. The molecule has 2 aromatic rings. The third kappa shape index (κ3) is 4.39. The van der Waals surface area contributed by atoms with E-state index in [4.69, 9.17) is 11.5 Å². The lowest BCUT2D eigenvalue weighted by molar-refractivity contribution is 0.243. The molecule has 0 aliphatic carbocycles. The summed E-state index contributed by atoms with van der Waals surface area (Å²) in [6.45, 7) is 7.99. The van der Waals surface area contributed by atoms with E-state index in [-0.39, 0.29) is 11.9 Å². The first-order chi connectivity index (χ1) is 11.6. The van der Waals surface area contributed by atoms with Crippen molar-refractivity contribution < 1.29 is 0 Å². The van der Waals surface area contributed by atoms with Crippen LogP contribution in [0, 0.1) is 6.92 Å². The maximum absolute atomic E-state index is 5.65. The van der Waals surface area contributed by atoms with Gasteiger partial charge in [-0.2, -0.15) is 15.0 Å². The highest BCUT2D eigenvalue weighted by atomic mass is 15.2. The van der Waals surface area contributed by atoms with Gasteiger partial charge in [-0.25, -0.2) is 0 Å². The first-order valence-corrected chi connectivity index (χ1v) is 8.35. The Morgan fingerprint density at radius 2 is 1.50 bits per heavy atom. The molecule has 1 aromatic heterocycles. The molecule has 0 unspecified atom stereocenters. The highest BCUT2D eigenvalue weighted by Crippen LogP contribution is 2.13. The van der Waals surface area contributed by atoms with Gasteiger partial charge in [-0.15, -0.1) is 0 Å². The third-order valence-electron chi connectivity index (χ3n) is 4.42. The summed E-state index contributed by atoms with van der Waals surface area (Å²) in [6.07, 6.45) is 1.13. The lowest BCUT2D eigenvalue weighted by Gasteiger charge is -2.22. The number of rotatable bonds is 4. The van der Waals surface area contributed by atoms with Crippen LogP contribution in [0.3, 0.4) is 0 Å². The summed E-state index contributed by atoms with van der Waals surface area (Å²) >= 11 is 0. The predicted octanol–water partition coefficient (Wildman–Crippen LogP) is 1.05. The predicted molar refractivity (Wildman–Crippen MR) is 95.0 cm³/mol. The summed E-state index contributed by atoms with van der Waals surface area (Å²) in [7, 11) is 0. The molecule has 0 radical (unpaired) electrons. The molecular weight excluding hydrogens is 302 g/mol. The molecule has 0 spiro atoms. The van der Waals surface area contributed by atoms with E-state index < -0.39 is 0 Å². The number of hydrogen-bond donors (Lipinski definition) is 2. The standard InChI is InChI=1S/C17H25N7/c1-13-5-2-3-6-14(13)11-23-7-4-8-24(10-9-23)12-15-20-16(18)22-17(19)21-15/h2-3,5-6H,4,7-12H2,1H3,(H4,18,19,20,21,22). The Morgan fingerprint density at radius 1 is 0.875 bits per heavy atom. The number of nitrogens with zero attached hydrogens (tertiary/aromatic N) is 5. The van der Waals surface area contributed by atoms with Crippen LogP contribution in [-0.2, 0) is 13.1 Å². The summed E-state index contributed by atoms with van der Waals surface area (Å²) in [4.78, 5) is 17.0. The molecule has 0 amide bonds. The first-order valence-electron chi connectivity index (χ1n) is 8.35. The Kier molecular flexibility index (Phi) is 5.22. The fraction of sp³-hybridized carbons (Fsp3) is 0.471. The molecule has 7 nitrogen and oxygen atoms in total. The Bertz CT molecular complexity index is 668. The van der Waals surface area contributed by atoms with Crippen molar-refractivity contribution >= 4 is 11.9 Å². The van der Waals surface area contributed by atoms with Crippen LogP contribution in [0.1, 0.15) is 23.4 Å². The summed E-state index contributed by atoms with van der Waals surface area (Å²) in [6, 6.07) is 8.60. The van der Waals surface area contributed by atoms with Crippen LogP contribution in [0.4, 0.5) is 11.9 Å². The van der Waals surface area contributed by atoms with Crippen LogP contribution >= 0.6 is 0 Å². The topological polar surface area (TPSA) is 97.2 Å². The van der Waals surface area contributed by atoms with Gasteiger partial charge in [0.2, 0.25) is 11.9 Å². The van der Waals surface area contributed by atoms with Gasteiger partial charge >= 0.3 is 0 Å². The molecule has 0 saturated carbocycles. The minimum atomic E-state index is 0.188. The zero-order valence-electron chi connectivity index (χ0n) is 14.1. The Hall–Kier alpha value is -2.25. The Balaban J connectivity index is 1.58. The van der Waals surface area contributed by atoms with Crippen molar-refractivity contribution in [2.75, 3.05) is 37.6 Å². The average Bonchev–Trinajstić information content (AvgIpc) is 2.74. The number of hydrogen-bond acceptors (Lipinski definition) is 7. The van der Waals surface area contributed by atoms with Gasteiger partial charge in [0.15, 0.2) is 0 Å². The maximum Gasteiger partial charge on any atom is 0.225 e. The molecule has 1 aliphatic heterocycles. The van der Waals surface area contributed by atoms with E-state index >= 15 is 0 Å². The highest BCUT2D eigenvalue weighted by molar-refractivity contribution is 5.26. The van der Waals surface area contributed by atoms with E-state index in [0.29, 0.717) is 12.4 Å². The molecule has 24 heavy (non-hydrogen) atoms. The van der Waals surface area contributed by atoms with Crippen molar-refractivity contribution in [2.24, 2.45) is 0 Å². The van der Waals surface area contributed by atoms with Crippen molar-refractivity contribution in [3.63, 3.8) is 0 Å². The summed E-state index contributed by atoms with van der Waals surface area (Å²) < 4.78 is 0. The van der Waals surface area contributed by atoms with Crippen molar-refractivity contribution in [3.05, 3.63) is 41.2 Å². The second-order valence-corrected chi connectivity index (χ2v) is 6.30. The quantitative estimate of drug-likeness (QED) is 0.866. The Labute approximate surface area is 142 Å². The molecule has 3 rings (SSSR count). The molecule has 4 N–H and O–H groups in total. The number of benzene rings is 1. The first kappa shape index (κ1) is 16.6. The zero-order valence-corrected chi connectivity index (χ0v) is 14.1. The monoisotopic (exact) mass is 327 g/mol. The zero-order chi connectivity index (χ0) is 16.9. The van der Waals surface area contributed by atoms with E-state index in [9.17, 15) is 0 Å². The molecule has 2 heterocycles. The molecular formula is C17H25N7. The number of nitrogens with two attached hydrogens (primary N) is 2. The van der Waals surface area contributed by atoms with Crippen LogP contribution in [0.2, 0.25) is 0 Å². The van der Waals surface area contributed by atoms with Gasteiger partial charge in [0.25, 0.3) is 0 Å². The number of aryl methyl sites for hydroxylation is 1. The maximum atomic E-state index is 5.65. The number of nitrogen functional groups attached to an aromatic ring is 2. The summed E-state index contributed by atoms with van der Waals surface area (Å²) in [5.41, 5.74) is 14.1. The van der Waals surface area contributed by atoms with Crippen LogP contribution in [-0.4, -0.2) is 50.9 Å². The number of aromatic nitrogens is 3. The van der Waals surface area contributed by atoms with Crippen molar-refractivity contribution in [2.45, 2.75) is 26.4 Å². The minimum Gasteiger partial charge on any atom is -0.368 e. The largest absolute Gasteiger partial charge is 0.368 e. The van der Waals surface area contributed by atoms with Gasteiger partial charge in [0, 0.05) is 19.6 Å². The lowest BCUT2D eigenvalue weighted by atomic mass is 10.1. The van der Waals surface area contributed by atoms with Crippen LogP contribution in [0.15, 0.2) is 24.3 Å². The van der Waals surface area contributed by atoms with Crippen molar-refractivity contribution in [1.82, 2.24) is 24.8 Å². The molecule has 1 aliphatic rings. The van der Waals surface area contributed by atoms with E-state index in [0.717, 1.165) is 39.1 Å². The molecule has 1 saturated heterocycles. The molecule has 0 atom stereocenters. The Morgan fingerprint density at radius 3 is 2.17 bits per heavy atom. The van der Waals surface area contributed by atoms with Crippen molar-refractivity contribution in [1.29, 1.82) is 0 Å². The SMILES string of the molecule is Cc1ccccc1CN1CCCN(Cc2nc(N)nc(N)n2)CC1. The van der Waals surface area contributed by atoms with E-state index in [1.807, 2.05) is 0 Å². The normalized spacial score (nSPS) is 16.9. The second-order valence-electron chi connectivity index (χ2n) is 6.30. The second kappa shape index (κ2) is 7.55. The van der Waals surface area contributed by atoms with Crippen LogP contribution in [0.25, 0.3) is 0 Å². The molecule has 128 valence electrons. The summed E-state index contributed by atoms with van der Waals surface area (Å²) in [5.74, 6) is 1.02. The van der Waals surface area contributed by atoms with Gasteiger partial charge < -0.3 is 11.5 Å². The van der Waals surface area contributed by atoms with Crippen LogP contribution < -0.4 is 11.5 Å². The van der Waals surface area contributed by atoms with Gasteiger partial charge in [-0.05, 0) is 37.6 Å². The molecule has 7 heteroatoms. The fourth-order valence-electron chi connectivity index (χ4n) is 3.10. The fourth-order valence-corrected chi connectivity index (χ4v) is 3.10. The van der Waals surface area contributed by atoms with Gasteiger partial charge in [0.05, 0.1) is 6.54 Å².